The third kappa shape index (κ3) is 3.36. The van der Waals surface area contributed by atoms with Crippen molar-refractivity contribution in [3.05, 3.63) is 53.3 Å². The Morgan fingerprint density at radius 1 is 0.958 bits per heavy atom. The van der Waals surface area contributed by atoms with Crippen LogP contribution in [0.5, 0.6) is 5.75 Å². The van der Waals surface area contributed by atoms with Gasteiger partial charge in [0.25, 0.3) is 10.0 Å². The van der Waals surface area contributed by atoms with Crippen LogP contribution in [0, 0.1) is 19.7 Å². The van der Waals surface area contributed by atoms with Crippen molar-refractivity contribution in [3.8, 4) is 5.75 Å². The van der Waals surface area contributed by atoms with Gasteiger partial charge < -0.3 is 5.11 Å². The van der Waals surface area contributed by atoms with E-state index in [4.69, 9.17) is 0 Å². The lowest BCUT2D eigenvalue weighted by Crippen LogP contribution is -2.37. The lowest BCUT2D eigenvalue weighted by atomic mass is 10.1. The first kappa shape index (κ1) is 18.2. The molecule has 0 aliphatic carbocycles. The second kappa shape index (κ2) is 6.06. The zero-order valence-corrected chi connectivity index (χ0v) is 14.8. The minimum atomic E-state index is -4.49. The lowest BCUT2D eigenvalue weighted by Gasteiger charge is -2.25. The molecular formula is C15H16FNO5S2. The molecule has 24 heavy (non-hydrogen) atoms. The highest BCUT2D eigenvalue weighted by molar-refractivity contribution is 8.10. The first-order chi connectivity index (χ1) is 10.9. The highest BCUT2D eigenvalue weighted by Crippen LogP contribution is 2.34. The van der Waals surface area contributed by atoms with Crippen LogP contribution in [0.25, 0.3) is 0 Å². The molecule has 130 valence electrons. The van der Waals surface area contributed by atoms with Crippen molar-refractivity contribution in [2.24, 2.45) is 0 Å². The second-order valence-corrected chi connectivity index (χ2v) is 9.20. The van der Waals surface area contributed by atoms with Crippen LogP contribution in [-0.2, 0) is 20.0 Å². The van der Waals surface area contributed by atoms with E-state index in [1.54, 1.807) is 0 Å². The van der Waals surface area contributed by atoms with Crippen molar-refractivity contribution in [1.29, 1.82) is 0 Å². The molecule has 0 radical (unpaired) electrons. The number of phenolic OH excluding ortho intramolecular Hbond substituents is 1. The number of aromatic hydroxyl groups is 1. The molecule has 0 saturated heterocycles. The van der Waals surface area contributed by atoms with Gasteiger partial charge in [-0.25, -0.2) is 21.2 Å². The molecule has 2 aromatic rings. The Kier molecular flexibility index (Phi) is 4.60. The van der Waals surface area contributed by atoms with Crippen LogP contribution in [0.2, 0.25) is 0 Å². The van der Waals surface area contributed by atoms with E-state index >= 15 is 0 Å². The summed E-state index contributed by atoms with van der Waals surface area (Å²) >= 11 is 0. The molecule has 0 spiro atoms. The van der Waals surface area contributed by atoms with Crippen LogP contribution in [0.4, 0.5) is 10.1 Å². The van der Waals surface area contributed by atoms with Gasteiger partial charge >= 0.3 is 0 Å². The molecule has 2 aromatic carbocycles. The molecule has 0 unspecified atom stereocenters. The third-order valence-electron chi connectivity index (χ3n) is 3.29. The van der Waals surface area contributed by atoms with Crippen LogP contribution in [0.1, 0.15) is 11.1 Å². The van der Waals surface area contributed by atoms with Gasteiger partial charge in [0.2, 0.25) is 10.0 Å². The maximum absolute atomic E-state index is 13.1. The molecule has 0 aliphatic rings. The van der Waals surface area contributed by atoms with E-state index in [-0.39, 0.29) is 27.5 Å². The molecule has 0 fully saturated rings. The summed E-state index contributed by atoms with van der Waals surface area (Å²) in [4.78, 5) is -0.360. The zero-order chi connectivity index (χ0) is 18.3. The fraction of sp³-hybridized carbons (Fsp3) is 0.200. The van der Waals surface area contributed by atoms with Crippen LogP contribution in [0.15, 0.2) is 41.3 Å². The molecule has 9 heteroatoms. The van der Waals surface area contributed by atoms with E-state index in [9.17, 15) is 26.3 Å². The highest BCUT2D eigenvalue weighted by atomic mass is 32.3. The van der Waals surface area contributed by atoms with Crippen LogP contribution in [-0.4, -0.2) is 28.2 Å². The molecular weight excluding hydrogens is 357 g/mol. The van der Waals surface area contributed by atoms with E-state index in [1.165, 1.54) is 26.0 Å². The highest BCUT2D eigenvalue weighted by Gasteiger charge is 2.35. The van der Waals surface area contributed by atoms with Crippen molar-refractivity contribution in [3.63, 3.8) is 0 Å². The number of aryl methyl sites for hydroxylation is 2. The predicted octanol–water partition coefficient (Wildman–Crippen LogP) is 2.30. The molecule has 0 amide bonds. The van der Waals surface area contributed by atoms with Gasteiger partial charge in [-0.3, -0.25) is 0 Å². The molecule has 0 aromatic heterocycles. The Bertz CT molecular complexity index is 960. The van der Waals surface area contributed by atoms with Gasteiger partial charge in [-0.1, -0.05) is 0 Å². The molecule has 6 nitrogen and oxygen atoms in total. The molecule has 0 atom stereocenters. The number of sulfonamides is 2. The van der Waals surface area contributed by atoms with Crippen LogP contribution < -0.4 is 3.71 Å². The van der Waals surface area contributed by atoms with E-state index in [2.05, 4.69) is 0 Å². The van der Waals surface area contributed by atoms with E-state index < -0.39 is 25.9 Å². The number of halogens is 1. The monoisotopic (exact) mass is 373 g/mol. The number of phenols is 1. The summed E-state index contributed by atoms with van der Waals surface area (Å²) in [7, 11) is -8.71. The minimum absolute atomic E-state index is 0.0698. The first-order valence-electron chi connectivity index (χ1n) is 6.76. The SMILES string of the molecule is Cc1cc(O)cc(C)c1N(S(C)(=O)=O)S(=O)(=O)c1ccc(F)cc1. The Balaban J connectivity index is 2.79. The smallest absolute Gasteiger partial charge is 0.277 e. The van der Waals surface area contributed by atoms with Gasteiger partial charge in [0.15, 0.2) is 0 Å². The van der Waals surface area contributed by atoms with Gasteiger partial charge in [0.1, 0.15) is 11.6 Å². The Hall–Kier alpha value is -2.13. The summed E-state index contributed by atoms with van der Waals surface area (Å²) in [6.07, 6.45) is 0.764. The van der Waals surface area contributed by atoms with Crippen LogP contribution >= 0.6 is 0 Å². The third-order valence-corrected chi connectivity index (χ3v) is 6.96. The summed E-state index contributed by atoms with van der Waals surface area (Å²) in [6.45, 7) is 2.97. The van der Waals surface area contributed by atoms with Gasteiger partial charge in [0, 0.05) is 0 Å². The van der Waals surface area contributed by atoms with E-state index in [1.807, 2.05) is 0 Å². The normalized spacial score (nSPS) is 12.2. The van der Waals surface area contributed by atoms with Gasteiger partial charge in [-0.15, -0.1) is 0 Å². The average Bonchev–Trinajstić information content (AvgIpc) is 2.41. The van der Waals surface area contributed by atoms with Crippen molar-refractivity contribution < 1.29 is 26.3 Å². The average molecular weight is 373 g/mol. The predicted molar refractivity (Wildman–Crippen MR) is 88.5 cm³/mol. The molecule has 2 rings (SSSR count). The van der Waals surface area contributed by atoms with Crippen molar-refractivity contribution in [1.82, 2.24) is 0 Å². The molecule has 1 N–H and O–H groups in total. The number of nitrogens with zero attached hydrogens (tertiary/aromatic N) is 1. The molecule has 0 heterocycles. The number of hydrogen-bond donors (Lipinski definition) is 1. The standard InChI is InChI=1S/C15H16FNO5S2/c1-10-8-13(18)9-11(2)15(10)17(23(3,19)20)24(21,22)14-6-4-12(16)5-7-14/h4-9,18H,1-3H3. The quantitative estimate of drug-likeness (QED) is 0.888. The number of anilines is 1. The molecule has 0 bridgehead atoms. The molecule has 0 saturated carbocycles. The molecule has 0 aliphatic heterocycles. The first-order valence-corrected chi connectivity index (χ1v) is 10.0. The summed E-state index contributed by atoms with van der Waals surface area (Å²) in [5, 5.41) is 9.59. The van der Waals surface area contributed by atoms with E-state index in [0.717, 1.165) is 30.5 Å². The maximum Gasteiger partial charge on any atom is 0.277 e. The zero-order valence-electron chi connectivity index (χ0n) is 13.2. The number of rotatable bonds is 4. The Morgan fingerprint density at radius 2 is 1.42 bits per heavy atom. The Labute approximate surface area is 140 Å². The van der Waals surface area contributed by atoms with Crippen molar-refractivity contribution in [2.45, 2.75) is 18.7 Å². The maximum atomic E-state index is 13.1. The fourth-order valence-electron chi connectivity index (χ4n) is 2.39. The van der Waals surface area contributed by atoms with Crippen molar-refractivity contribution >= 4 is 25.7 Å². The van der Waals surface area contributed by atoms with Gasteiger partial charge in [0.05, 0.1) is 16.8 Å². The summed E-state index contributed by atoms with van der Waals surface area (Å²) < 4.78 is 63.5. The summed E-state index contributed by atoms with van der Waals surface area (Å²) in [5.41, 5.74) is 0.465. The van der Waals surface area contributed by atoms with Crippen LogP contribution in [0.3, 0.4) is 0 Å². The van der Waals surface area contributed by atoms with E-state index in [0.29, 0.717) is 3.71 Å². The number of benzene rings is 2. The van der Waals surface area contributed by atoms with Gasteiger partial charge in [-0.2, -0.15) is 3.71 Å². The lowest BCUT2D eigenvalue weighted by molar-refractivity contribution is 0.474. The van der Waals surface area contributed by atoms with Crippen molar-refractivity contribution in [2.75, 3.05) is 9.97 Å². The Morgan fingerprint density at radius 3 is 1.83 bits per heavy atom. The topological polar surface area (TPSA) is 91.8 Å². The largest absolute Gasteiger partial charge is 0.508 e. The number of hydrogen-bond acceptors (Lipinski definition) is 5. The summed E-state index contributed by atoms with van der Waals surface area (Å²) in [5.74, 6) is -0.752. The summed E-state index contributed by atoms with van der Waals surface area (Å²) in [6, 6.07) is 6.39. The second-order valence-electron chi connectivity index (χ2n) is 5.35. The van der Waals surface area contributed by atoms with Gasteiger partial charge in [-0.05, 0) is 61.4 Å². The minimum Gasteiger partial charge on any atom is -0.508 e. The fourth-order valence-corrected chi connectivity index (χ4v) is 5.89.